The predicted molar refractivity (Wildman–Crippen MR) is 147 cm³/mol. The maximum atomic E-state index is 13.8. The SMILES string of the molecule is COC(=O)C(NC(=O)[C@H](Cc1cc(F)cc(F)c1)NC(=O)OCCCCC(C)C)[C@H](C)OC(=O)C1CCCN1C(C)=O. The first kappa shape index (κ1) is 34.4. The third-order valence-corrected chi connectivity index (χ3v) is 6.83. The fourth-order valence-corrected chi connectivity index (χ4v) is 4.64. The van der Waals surface area contributed by atoms with Crippen LogP contribution in [0.3, 0.4) is 0 Å². The van der Waals surface area contributed by atoms with Crippen LogP contribution in [0.25, 0.3) is 0 Å². The van der Waals surface area contributed by atoms with Gasteiger partial charge in [-0.3, -0.25) is 9.59 Å². The third kappa shape index (κ3) is 10.9. The Morgan fingerprint density at radius 1 is 1.02 bits per heavy atom. The molecule has 1 fully saturated rings. The molecule has 1 aliphatic heterocycles. The number of ether oxygens (including phenoxy) is 3. The number of rotatable bonds is 14. The molecule has 234 valence electrons. The van der Waals surface area contributed by atoms with Crippen LogP contribution in [0.4, 0.5) is 13.6 Å². The first-order chi connectivity index (χ1) is 19.8. The van der Waals surface area contributed by atoms with Gasteiger partial charge < -0.3 is 29.7 Å². The number of nitrogens with one attached hydrogen (secondary N) is 2. The van der Waals surface area contributed by atoms with Crippen molar-refractivity contribution in [2.45, 2.75) is 90.4 Å². The molecule has 2 rings (SSSR count). The number of amides is 3. The van der Waals surface area contributed by atoms with Gasteiger partial charge >= 0.3 is 18.0 Å². The second kappa shape index (κ2) is 16.6. The Labute approximate surface area is 244 Å². The van der Waals surface area contributed by atoms with Gasteiger partial charge in [0, 0.05) is 26.0 Å². The second-order valence-corrected chi connectivity index (χ2v) is 10.7. The van der Waals surface area contributed by atoms with E-state index in [0.717, 1.165) is 32.1 Å². The van der Waals surface area contributed by atoms with E-state index in [2.05, 4.69) is 24.5 Å². The minimum atomic E-state index is -1.50. The first-order valence-electron chi connectivity index (χ1n) is 14.1. The summed E-state index contributed by atoms with van der Waals surface area (Å²) >= 11 is 0. The minimum Gasteiger partial charge on any atom is -0.467 e. The van der Waals surface area contributed by atoms with Crippen molar-refractivity contribution in [2.75, 3.05) is 20.3 Å². The number of nitrogens with zero attached hydrogens (tertiary/aromatic N) is 1. The van der Waals surface area contributed by atoms with Crippen molar-refractivity contribution < 1.29 is 47.0 Å². The van der Waals surface area contributed by atoms with Crippen molar-refractivity contribution in [1.82, 2.24) is 15.5 Å². The summed E-state index contributed by atoms with van der Waals surface area (Å²) in [6, 6.07) is -1.07. The Morgan fingerprint density at radius 2 is 1.69 bits per heavy atom. The van der Waals surface area contributed by atoms with Crippen molar-refractivity contribution in [3.05, 3.63) is 35.4 Å². The number of unbranched alkanes of at least 4 members (excludes halogenated alkanes) is 1. The van der Waals surface area contributed by atoms with E-state index in [1.54, 1.807) is 0 Å². The Hall–Kier alpha value is -3.77. The number of carbonyl (C=O) groups is 5. The number of likely N-dealkylation sites (tertiary alicyclic amines) is 1. The van der Waals surface area contributed by atoms with Crippen molar-refractivity contribution in [1.29, 1.82) is 0 Å². The van der Waals surface area contributed by atoms with Gasteiger partial charge in [-0.25, -0.2) is 23.2 Å². The van der Waals surface area contributed by atoms with Crippen LogP contribution in [0.2, 0.25) is 0 Å². The molecule has 13 heteroatoms. The number of carbonyl (C=O) groups excluding carboxylic acids is 5. The summed E-state index contributed by atoms with van der Waals surface area (Å²) in [6.45, 7) is 7.33. The van der Waals surface area contributed by atoms with Gasteiger partial charge in [-0.15, -0.1) is 0 Å². The maximum Gasteiger partial charge on any atom is 0.407 e. The normalized spacial score (nSPS) is 16.8. The van der Waals surface area contributed by atoms with Gasteiger partial charge in [0.25, 0.3) is 0 Å². The van der Waals surface area contributed by atoms with Crippen LogP contribution < -0.4 is 10.6 Å². The standard InChI is InChI=1S/C29H41F2N3O8/c1-17(2)9-6-7-12-41-29(39)32-23(15-20-13-21(30)16-22(31)14-20)26(36)33-25(28(38)40-5)18(3)42-27(37)24-10-8-11-34(24)19(4)35/h13-14,16-18,23-25H,6-12,15H2,1-5H3,(H,32,39)(H,33,36)/t18-,23-,24?,25?/m0/s1. The van der Waals surface area contributed by atoms with Crippen LogP contribution >= 0.6 is 0 Å². The smallest absolute Gasteiger partial charge is 0.407 e. The van der Waals surface area contributed by atoms with E-state index in [-0.39, 0.29) is 24.5 Å². The molecule has 1 saturated heterocycles. The number of hydrogen-bond donors (Lipinski definition) is 2. The van der Waals surface area contributed by atoms with Crippen LogP contribution in [0.5, 0.6) is 0 Å². The number of halogens is 2. The van der Waals surface area contributed by atoms with E-state index in [1.807, 2.05) is 0 Å². The van der Waals surface area contributed by atoms with Crippen molar-refractivity contribution >= 4 is 29.8 Å². The molecular formula is C29H41F2N3O8. The monoisotopic (exact) mass is 597 g/mol. The van der Waals surface area contributed by atoms with Crippen molar-refractivity contribution in [3.63, 3.8) is 0 Å². The Balaban J connectivity index is 2.16. The average Bonchev–Trinajstić information content (AvgIpc) is 3.40. The van der Waals surface area contributed by atoms with Gasteiger partial charge in [0.05, 0.1) is 13.7 Å². The van der Waals surface area contributed by atoms with Gasteiger partial charge in [-0.1, -0.05) is 20.3 Å². The highest BCUT2D eigenvalue weighted by Gasteiger charge is 2.38. The highest BCUT2D eigenvalue weighted by Crippen LogP contribution is 2.20. The van der Waals surface area contributed by atoms with Crippen LogP contribution in [-0.4, -0.2) is 79.2 Å². The van der Waals surface area contributed by atoms with Gasteiger partial charge in [0.1, 0.15) is 29.8 Å². The fraction of sp³-hybridized carbons (Fsp3) is 0.621. The van der Waals surface area contributed by atoms with Gasteiger partial charge in [0.2, 0.25) is 11.8 Å². The summed E-state index contributed by atoms with van der Waals surface area (Å²) in [5.41, 5.74) is 0.0598. The van der Waals surface area contributed by atoms with Crippen LogP contribution in [-0.2, 0) is 39.8 Å². The molecule has 0 bridgehead atoms. The molecule has 1 heterocycles. The molecule has 4 atom stereocenters. The Bertz CT molecular complexity index is 1100. The summed E-state index contributed by atoms with van der Waals surface area (Å²) in [7, 11) is 1.08. The molecule has 42 heavy (non-hydrogen) atoms. The third-order valence-electron chi connectivity index (χ3n) is 6.83. The van der Waals surface area contributed by atoms with Gasteiger partial charge in [-0.2, -0.15) is 0 Å². The summed E-state index contributed by atoms with van der Waals surface area (Å²) in [5, 5.41) is 4.80. The summed E-state index contributed by atoms with van der Waals surface area (Å²) in [5.74, 6) is -4.16. The van der Waals surface area contributed by atoms with E-state index >= 15 is 0 Å². The van der Waals surface area contributed by atoms with E-state index in [0.29, 0.717) is 37.8 Å². The zero-order valence-corrected chi connectivity index (χ0v) is 24.7. The second-order valence-electron chi connectivity index (χ2n) is 10.7. The lowest BCUT2D eigenvalue weighted by Crippen LogP contribution is -2.56. The Kier molecular flexibility index (Phi) is 13.6. The number of esters is 2. The summed E-state index contributed by atoms with van der Waals surface area (Å²) < 4.78 is 43.1. The van der Waals surface area contributed by atoms with Crippen LogP contribution in [0, 0.1) is 17.6 Å². The van der Waals surface area contributed by atoms with Gasteiger partial charge in [0.15, 0.2) is 6.04 Å². The molecule has 0 saturated carbocycles. The molecule has 11 nitrogen and oxygen atoms in total. The molecule has 2 unspecified atom stereocenters. The predicted octanol–water partition coefficient (Wildman–Crippen LogP) is 3.03. The molecule has 0 aromatic heterocycles. The zero-order chi connectivity index (χ0) is 31.4. The highest BCUT2D eigenvalue weighted by atomic mass is 19.1. The molecule has 1 aromatic carbocycles. The largest absolute Gasteiger partial charge is 0.467 e. The quantitative estimate of drug-likeness (QED) is 0.190. The molecule has 2 N–H and O–H groups in total. The zero-order valence-electron chi connectivity index (χ0n) is 24.7. The highest BCUT2D eigenvalue weighted by molar-refractivity contribution is 5.90. The molecule has 1 aliphatic rings. The average molecular weight is 598 g/mol. The molecule has 0 radical (unpaired) electrons. The molecule has 1 aromatic rings. The number of methoxy groups -OCH3 is 1. The number of benzene rings is 1. The van der Waals surface area contributed by atoms with Crippen LogP contribution in [0.1, 0.15) is 65.4 Å². The summed E-state index contributed by atoms with van der Waals surface area (Å²) in [6.07, 6.45) is 0.864. The fourth-order valence-electron chi connectivity index (χ4n) is 4.64. The topological polar surface area (TPSA) is 140 Å². The number of alkyl carbamates (subject to hydrolysis) is 1. The molecular weight excluding hydrogens is 556 g/mol. The minimum absolute atomic E-state index is 0.0598. The Morgan fingerprint density at radius 3 is 2.29 bits per heavy atom. The van der Waals surface area contributed by atoms with E-state index < -0.39 is 59.8 Å². The lowest BCUT2D eigenvalue weighted by Gasteiger charge is -2.28. The van der Waals surface area contributed by atoms with Crippen molar-refractivity contribution in [2.24, 2.45) is 5.92 Å². The molecule has 0 spiro atoms. The van der Waals surface area contributed by atoms with Gasteiger partial charge in [-0.05, 0) is 56.2 Å². The lowest BCUT2D eigenvalue weighted by molar-refractivity contribution is -0.163. The summed E-state index contributed by atoms with van der Waals surface area (Å²) in [4.78, 5) is 64.5. The molecule has 0 aliphatic carbocycles. The number of hydrogen-bond acceptors (Lipinski definition) is 8. The van der Waals surface area contributed by atoms with E-state index in [4.69, 9.17) is 14.2 Å². The van der Waals surface area contributed by atoms with Crippen LogP contribution in [0.15, 0.2) is 18.2 Å². The van der Waals surface area contributed by atoms with E-state index in [1.165, 1.54) is 18.7 Å². The molecule has 3 amide bonds. The maximum absolute atomic E-state index is 13.8. The lowest BCUT2D eigenvalue weighted by atomic mass is 10.0. The first-order valence-corrected chi connectivity index (χ1v) is 14.1. The van der Waals surface area contributed by atoms with E-state index in [9.17, 15) is 32.8 Å². The van der Waals surface area contributed by atoms with Crippen molar-refractivity contribution in [3.8, 4) is 0 Å².